The fraction of sp³-hybridized carbons (Fsp3) is 0.241. The number of carbonyl (C=O) groups is 1. The second kappa shape index (κ2) is 8.82. The molecule has 3 aromatic carbocycles. The molecule has 34 heavy (non-hydrogen) atoms. The highest BCUT2D eigenvalue weighted by Gasteiger charge is 2.28. The van der Waals surface area contributed by atoms with Gasteiger partial charge in [-0.1, -0.05) is 60.2 Å². The summed E-state index contributed by atoms with van der Waals surface area (Å²) in [4.78, 5) is 30.6. The number of nitrogens with zero attached hydrogens (tertiary/aromatic N) is 2. The first-order valence-corrected chi connectivity index (χ1v) is 11.7. The molecule has 1 aromatic heterocycles. The summed E-state index contributed by atoms with van der Waals surface area (Å²) in [7, 11) is 0. The van der Waals surface area contributed by atoms with Crippen LogP contribution < -0.4 is 10.5 Å². The molecule has 4 aromatic rings. The fourth-order valence-corrected chi connectivity index (χ4v) is 4.71. The van der Waals surface area contributed by atoms with E-state index in [1.54, 1.807) is 11.0 Å². The van der Waals surface area contributed by atoms with E-state index in [1.165, 1.54) is 16.8 Å². The zero-order valence-corrected chi connectivity index (χ0v) is 19.8. The third kappa shape index (κ3) is 3.98. The molecule has 0 spiro atoms. The van der Waals surface area contributed by atoms with Gasteiger partial charge >= 0.3 is 5.63 Å². The summed E-state index contributed by atoms with van der Waals surface area (Å²) in [5.74, 6) is -0.119. The maximum Gasteiger partial charge on any atom is 0.344 e. The van der Waals surface area contributed by atoms with E-state index in [2.05, 4.69) is 36.9 Å². The number of amides is 1. The van der Waals surface area contributed by atoms with E-state index in [0.717, 1.165) is 29.6 Å². The van der Waals surface area contributed by atoms with Crippen molar-refractivity contribution < 1.29 is 9.21 Å². The SMILES string of the molecule is Cc1ccc(-c2c(C(=O)N3CCN(c4cc(C)ccc4C)CC3)oc(=O)c3ccccc23)cc1. The Morgan fingerprint density at radius 1 is 0.794 bits per heavy atom. The molecule has 172 valence electrons. The minimum atomic E-state index is -0.483. The van der Waals surface area contributed by atoms with Crippen molar-refractivity contribution in [3.63, 3.8) is 0 Å². The van der Waals surface area contributed by atoms with Crippen LogP contribution >= 0.6 is 0 Å². The molecule has 1 aliphatic heterocycles. The average molecular weight is 453 g/mol. The van der Waals surface area contributed by atoms with Crippen LogP contribution in [0.4, 0.5) is 5.69 Å². The minimum Gasteiger partial charge on any atom is -0.416 e. The van der Waals surface area contributed by atoms with Gasteiger partial charge in [-0.25, -0.2) is 4.79 Å². The summed E-state index contributed by atoms with van der Waals surface area (Å²) in [6.07, 6.45) is 0. The van der Waals surface area contributed by atoms with Gasteiger partial charge in [0.1, 0.15) is 0 Å². The molecule has 5 heteroatoms. The largest absolute Gasteiger partial charge is 0.416 e. The molecule has 5 rings (SSSR count). The highest BCUT2D eigenvalue weighted by molar-refractivity contribution is 6.07. The van der Waals surface area contributed by atoms with Gasteiger partial charge in [-0.3, -0.25) is 4.79 Å². The molecule has 0 N–H and O–H groups in total. The standard InChI is InChI=1S/C29H28N2O3/c1-19-9-12-22(13-10-19)26-23-6-4-5-7-24(23)29(33)34-27(26)28(32)31-16-14-30(15-17-31)25-18-20(2)8-11-21(25)3/h4-13,18H,14-17H2,1-3H3. The first-order valence-electron chi connectivity index (χ1n) is 11.7. The number of rotatable bonds is 3. The van der Waals surface area contributed by atoms with Gasteiger partial charge in [0, 0.05) is 42.8 Å². The number of hydrogen-bond acceptors (Lipinski definition) is 4. The average Bonchev–Trinajstić information content (AvgIpc) is 2.86. The molecule has 5 nitrogen and oxygen atoms in total. The van der Waals surface area contributed by atoms with Crippen LogP contribution in [-0.2, 0) is 0 Å². The van der Waals surface area contributed by atoms with Crippen molar-refractivity contribution in [2.24, 2.45) is 0 Å². The lowest BCUT2D eigenvalue weighted by molar-refractivity contribution is 0.0711. The third-order valence-corrected chi connectivity index (χ3v) is 6.64. The lowest BCUT2D eigenvalue weighted by Gasteiger charge is -2.37. The van der Waals surface area contributed by atoms with Gasteiger partial charge in [0.15, 0.2) is 0 Å². The number of fused-ring (bicyclic) bond motifs is 1. The van der Waals surface area contributed by atoms with Crippen LogP contribution in [0.3, 0.4) is 0 Å². The Morgan fingerprint density at radius 2 is 1.44 bits per heavy atom. The van der Waals surface area contributed by atoms with Crippen molar-refractivity contribution in [2.45, 2.75) is 20.8 Å². The van der Waals surface area contributed by atoms with Gasteiger partial charge in [-0.2, -0.15) is 0 Å². The first kappa shape index (κ1) is 22.0. The lowest BCUT2D eigenvalue weighted by Crippen LogP contribution is -2.49. The molecule has 1 aliphatic rings. The van der Waals surface area contributed by atoms with Crippen LogP contribution in [-0.4, -0.2) is 37.0 Å². The maximum absolute atomic E-state index is 13.7. The minimum absolute atomic E-state index is 0.118. The van der Waals surface area contributed by atoms with Crippen LogP contribution in [0.15, 0.2) is 75.9 Å². The van der Waals surface area contributed by atoms with Gasteiger partial charge in [-0.05, 0) is 49.6 Å². The Labute approximate surface area is 199 Å². The smallest absolute Gasteiger partial charge is 0.344 e. The number of anilines is 1. The molecular weight excluding hydrogens is 424 g/mol. The molecule has 1 saturated heterocycles. The van der Waals surface area contributed by atoms with Crippen LogP contribution in [0.5, 0.6) is 0 Å². The number of piperazine rings is 1. The third-order valence-electron chi connectivity index (χ3n) is 6.64. The molecule has 0 bridgehead atoms. The molecule has 1 fully saturated rings. The summed E-state index contributed by atoms with van der Waals surface area (Å²) in [6.45, 7) is 8.82. The summed E-state index contributed by atoms with van der Waals surface area (Å²) in [5.41, 5.74) is 5.85. The van der Waals surface area contributed by atoms with Crippen LogP contribution in [0.2, 0.25) is 0 Å². The van der Waals surface area contributed by atoms with Crippen molar-refractivity contribution in [1.29, 1.82) is 0 Å². The van der Waals surface area contributed by atoms with Crippen LogP contribution in [0, 0.1) is 20.8 Å². The zero-order valence-electron chi connectivity index (χ0n) is 19.8. The molecule has 0 unspecified atom stereocenters. The summed E-state index contributed by atoms with van der Waals surface area (Å²) in [5, 5.41) is 1.22. The van der Waals surface area contributed by atoms with Crippen LogP contribution in [0.25, 0.3) is 21.9 Å². The van der Waals surface area contributed by atoms with E-state index in [9.17, 15) is 9.59 Å². The van der Waals surface area contributed by atoms with E-state index in [4.69, 9.17) is 4.42 Å². The molecule has 0 radical (unpaired) electrons. The molecular formula is C29H28N2O3. The van der Waals surface area contributed by atoms with E-state index >= 15 is 0 Å². The second-order valence-electron chi connectivity index (χ2n) is 9.07. The van der Waals surface area contributed by atoms with Crippen molar-refractivity contribution in [3.8, 4) is 11.1 Å². The predicted octanol–water partition coefficient (Wildman–Crippen LogP) is 5.35. The quantitative estimate of drug-likeness (QED) is 0.421. The normalized spacial score (nSPS) is 14.0. The Hall–Kier alpha value is -3.86. The van der Waals surface area contributed by atoms with Crippen molar-refractivity contribution in [3.05, 3.63) is 99.6 Å². The number of carbonyl (C=O) groups excluding carboxylic acids is 1. The molecule has 0 atom stereocenters. The maximum atomic E-state index is 13.7. The summed E-state index contributed by atoms with van der Waals surface area (Å²) < 4.78 is 5.71. The Bertz CT molecular complexity index is 1430. The predicted molar refractivity (Wildman–Crippen MR) is 137 cm³/mol. The summed E-state index contributed by atoms with van der Waals surface area (Å²) in [6, 6.07) is 21.8. The van der Waals surface area contributed by atoms with Gasteiger partial charge in [0.25, 0.3) is 5.91 Å². The van der Waals surface area contributed by atoms with E-state index < -0.39 is 5.63 Å². The monoisotopic (exact) mass is 452 g/mol. The van der Waals surface area contributed by atoms with E-state index in [0.29, 0.717) is 24.0 Å². The van der Waals surface area contributed by atoms with Gasteiger partial charge in [0.05, 0.1) is 5.39 Å². The zero-order chi connectivity index (χ0) is 23.8. The van der Waals surface area contributed by atoms with Gasteiger partial charge < -0.3 is 14.2 Å². The molecule has 1 amide bonds. The van der Waals surface area contributed by atoms with Gasteiger partial charge in [0.2, 0.25) is 5.76 Å². The van der Waals surface area contributed by atoms with Crippen molar-refractivity contribution >= 4 is 22.4 Å². The Kier molecular flexibility index (Phi) is 5.70. The van der Waals surface area contributed by atoms with E-state index in [-0.39, 0.29) is 11.7 Å². The highest BCUT2D eigenvalue weighted by atomic mass is 16.4. The lowest BCUT2D eigenvalue weighted by atomic mass is 9.97. The van der Waals surface area contributed by atoms with Gasteiger partial charge in [-0.15, -0.1) is 0 Å². The topological polar surface area (TPSA) is 53.8 Å². The van der Waals surface area contributed by atoms with E-state index in [1.807, 2.05) is 49.4 Å². The molecule has 0 aliphatic carbocycles. The van der Waals surface area contributed by atoms with Crippen molar-refractivity contribution in [1.82, 2.24) is 4.90 Å². The Balaban J connectivity index is 1.50. The number of benzene rings is 3. The second-order valence-corrected chi connectivity index (χ2v) is 9.07. The van der Waals surface area contributed by atoms with Crippen LogP contribution in [0.1, 0.15) is 27.2 Å². The first-order chi connectivity index (χ1) is 16.4. The number of aryl methyl sites for hydroxylation is 3. The highest BCUT2D eigenvalue weighted by Crippen LogP contribution is 2.32. The van der Waals surface area contributed by atoms with Crippen molar-refractivity contribution in [2.75, 3.05) is 31.1 Å². The summed E-state index contributed by atoms with van der Waals surface area (Å²) >= 11 is 0. The Morgan fingerprint density at radius 3 is 2.15 bits per heavy atom. The fourth-order valence-electron chi connectivity index (χ4n) is 4.71. The molecule has 2 heterocycles. The molecule has 0 saturated carbocycles. The number of hydrogen-bond donors (Lipinski definition) is 0.